The summed E-state index contributed by atoms with van der Waals surface area (Å²) >= 11 is 3.23. The first-order valence-electron chi connectivity index (χ1n) is 5.17. The van der Waals surface area contributed by atoms with E-state index in [0.717, 1.165) is 11.1 Å². The Kier molecular flexibility index (Phi) is 3.43. The SMILES string of the molecule is Cc1cc(Br)c(=O)n(Cc2ccc(F)cc2)c1. The van der Waals surface area contributed by atoms with Crippen molar-refractivity contribution >= 4 is 15.9 Å². The molecule has 0 N–H and O–H groups in total. The zero-order valence-corrected chi connectivity index (χ0v) is 10.9. The fourth-order valence-electron chi connectivity index (χ4n) is 1.64. The number of hydrogen-bond acceptors (Lipinski definition) is 1. The van der Waals surface area contributed by atoms with Gasteiger partial charge in [0, 0.05) is 6.20 Å². The van der Waals surface area contributed by atoms with E-state index in [-0.39, 0.29) is 11.4 Å². The highest BCUT2D eigenvalue weighted by Crippen LogP contribution is 2.08. The number of hydrogen-bond donors (Lipinski definition) is 0. The molecule has 0 amide bonds. The van der Waals surface area contributed by atoms with Gasteiger partial charge >= 0.3 is 0 Å². The number of rotatable bonds is 2. The fraction of sp³-hybridized carbons (Fsp3) is 0.154. The first-order chi connectivity index (χ1) is 8.06. The van der Waals surface area contributed by atoms with Crippen LogP contribution in [0.4, 0.5) is 4.39 Å². The Morgan fingerprint density at radius 3 is 2.59 bits per heavy atom. The molecule has 2 aromatic rings. The van der Waals surface area contributed by atoms with Gasteiger partial charge in [-0.15, -0.1) is 0 Å². The van der Waals surface area contributed by atoms with E-state index in [1.807, 2.05) is 6.92 Å². The molecule has 0 unspecified atom stereocenters. The monoisotopic (exact) mass is 295 g/mol. The van der Waals surface area contributed by atoms with Gasteiger partial charge in [-0.1, -0.05) is 12.1 Å². The molecular formula is C13H11BrFNO. The fourth-order valence-corrected chi connectivity index (χ4v) is 2.23. The Bertz CT molecular complexity index is 589. The summed E-state index contributed by atoms with van der Waals surface area (Å²) in [4.78, 5) is 11.8. The molecule has 0 bridgehead atoms. The highest BCUT2D eigenvalue weighted by molar-refractivity contribution is 9.10. The molecule has 0 spiro atoms. The molecule has 1 aromatic carbocycles. The molecule has 1 aromatic heterocycles. The molecule has 0 saturated carbocycles. The third kappa shape index (κ3) is 2.82. The first kappa shape index (κ1) is 12.0. The van der Waals surface area contributed by atoms with Crippen molar-refractivity contribution in [2.24, 2.45) is 0 Å². The van der Waals surface area contributed by atoms with Gasteiger partial charge in [0.05, 0.1) is 11.0 Å². The second-order valence-electron chi connectivity index (χ2n) is 3.92. The summed E-state index contributed by atoms with van der Waals surface area (Å²) in [6.07, 6.45) is 1.79. The predicted molar refractivity (Wildman–Crippen MR) is 68.6 cm³/mol. The van der Waals surface area contributed by atoms with E-state index in [9.17, 15) is 9.18 Å². The maximum atomic E-state index is 12.8. The van der Waals surface area contributed by atoms with Crippen molar-refractivity contribution < 1.29 is 4.39 Å². The first-order valence-corrected chi connectivity index (χ1v) is 5.96. The van der Waals surface area contributed by atoms with Gasteiger partial charge in [0.1, 0.15) is 5.82 Å². The van der Waals surface area contributed by atoms with Gasteiger partial charge in [0.15, 0.2) is 0 Å². The molecule has 0 aliphatic carbocycles. The maximum Gasteiger partial charge on any atom is 0.265 e. The van der Waals surface area contributed by atoms with Gasteiger partial charge in [0.2, 0.25) is 0 Å². The van der Waals surface area contributed by atoms with Crippen molar-refractivity contribution in [1.82, 2.24) is 4.57 Å². The highest BCUT2D eigenvalue weighted by atomic mass is 79.9. The van der Waals surface area contributed by atoms with Crippen LogP contribution in [-0.4, -0.2) is 4.57 Å². The summed E-state index contributed by atoms with van der Waals surface area (Å²) in [7, 11) is 0. The molecule has 0 fully saturated rings. The quantitative estimate of drug-likeness (QED) is 0.834. The topological polar surface area (TPSA) is 22.0 Å². The lowest BCUT2D eigenvalue weighted by atomic mass is 10.2. The van der Waals surface area contributed by atoms with Gasteiger partial charge in [-0.25, -0.2) is 4.39 Å². The second-order valence-corrected chi connectivity index (χ2v) is 4.78. The van der Waals surface area contributed by atoms with Gasteiger partial charge in [-0.05, 0) is 52.2 Å². The van der Waals surface area contributed by atoms with Crippen molar-refractivity contribution in [3.05, 3.63) is 68.3 Å². The van der Waals surface area contributed by atoms with Crippen LogP contribution in [0.5, 0.6) is 0 Å². The van der Waals surface area contributed by atoms with Crippen molar-refractivity contribution in [2.45, 2.75) is 13.5 Å². The Morgan fingerprint density at radius 2 is 1.94 bits per heavy atom. The van der Waals surface area contributed by atoms with E-state index < -0.39 is 0 Å². The maximum absolute atomic E-state index is 12.8. The zero-order chi connectivity index (χ0) is 12.4. The summed E-state index contributed by atoms with van der Waals surface area (Å²) in [5.41, 5.74) is 1.81. The standard InChI is InChI=1S/C13H11BrFNO/c1-9-6-12(14)13(17)16(7-9)8-10-2-4-11(15)5-3-10/h2-7H,8H2,1H3. The van der Waals surface area contributed by atoms with E-state index in [0.29, 0.717) is 11.0 Å². The number of aryl methyl sites for hydroxylation is 1. The molecule has 0 saturated heterocycles. The van der Waals surface area contributed by atoms with E-state index in [4.69, 9.17) is 0 Å². The summed E-state index contributed by atoms with van der Waals surface area (Å²) in [5.74, 6) is -0.272. The molecule has 0 atom stereocenters. The number of nitrogens with zero attached hydrogens (tertiary/aromatic N) is 1. The molecule has 0 radical (unpaired) electrons. The third-order valence-corrected chi connectivity index (χ3v) is 3.01. The predicted octanol–water partition coefficient (Wildman–Crippen LogP) is 3.11. The van der Waals surface area contributed by atoms with E-state index in [1.165, 1.54) is 12.1 Å². The molecule has 0 aliphatic heterocycles. The average Bonchev–Trinajstić information content (AvgIpc) is 2.28. The molecule has 1 heterocycles. The van der Waals surface area contributed by atoms with Crippen LogP contribution in [0.3, 0.4) is 0 Å². The zero-order valence-electron chi connectivity index (χ0n) is 9.28. The summed E-state index contributed by atoms with van der Waals surface area (Å²) in [5, 5.41) is 0. The molecule has 2 rings (SSSR count). The van der Waals surface area contributed by atoms with Gasteiger partial charge in [-0.3, -0.25) is 4.79 Å². The van der Waals surface area contributed by atoms with Crippen molar-refractivity contribution in [3.8, 4) is 0 Å². The molecule has 0 aliphatic rings. The Labute approximate surface area is 107 Å². The minimum Gasteiger partial charge on any atom is -0.310 e. The second kappa shape index (κ2) is 4.84. The van der Waals surface area contributed by atoms with Crippen LogP contribution in [-0.2, 0) is 6.54 Å². The van der Waals surface area contributed by atoms with Crippen LogP contribution < -0.4 is 5.56 Å². The van der Waals surface area contributed by atoms with Crippen LogP contribution in [0.1, 0.15) is 11.1 Å². The summed E-state index contributed by atoms with van der Waals surface area (Å²) in [6.45, 7) is 2.37. The van der Waals surface area contributed by atoms with E-state index in [1.54, 1.807) is 29.0 Å². The average molecular weight is 296 g/mol. The summed E-state index contributed by atoms with van der Waals surface area (Å²) in [6, 6.07) is 7.93. The number of aromatic nitrogens is 1. The van der Waals surface area contributed by atoms with Gasteiger partial charge < -0.3 is 4.57 Å². The van der Waals surface area contributed by atoms with Gasteiger partial charge in [-0.2, -0.15) is 0 Å². The molecule has 2 nitrogen and oxygen atoms in total. The van der Waals surface area contributed by atoms with Gasteiger partial charge in [0.25, 0.3) is 5.56 Å². The van der Waals surface area contributed by atoms with Crippen LogP contribution in [0, 0.1) is 12.7 Å². The van der Waals surface area contributed by atoms with Crippen LogP contribution in [0.15, 0.2) is 45.8 Å². The molecular weight excluding hydrogens is 285 g/mol. The lowest BCUT2D eigenvalue weighted by Gasteiger charge is -2.07. The van der Waals surface area contributed by atoms with Crippen molar-refractivity contribution in [3.63, 3.8) is 0 Å². The minimum atomic E-state index is -0.272. The Balaban J connectivity index is 2.36. The van der Waals surface area contributed by atoms with Crippen molar-refractivity contribution in [2.75, 3.05) is 0 Å². The number of halogens is 2. The number of benzene rings is 1. The highest BCUT2D eigenvalue weighted by Gasteiger charge is 2.03. The van der Waals surface area contributed by atoms with E-state index in [2.05, 4.69) is 15.9 Å². The number of pyridine rings is 1. The van der Waals surface area contributed by atoms with Crippen LogP contribution in [0.25, 0.3) is 0 Å². The lowest BCUT2D eigenvalue weighted by Crippen LogP contribution is -2.21. The third-order valence-electron chi connectivity index (χ3n) is 2.45. The normalized spacial score (nSPS) is 10.5. The summed E-state index contributed by atoms with van der Waals surface area (Å²) < 4.78 is 14.9. The van der Waals surface area contributed by atoms with E-state index >= 15 is 0 Å². The van der Waals surface area contributed by atoms with Crippen molar-refractivity contribution in [1.29, 1.82) is 0 Å². The molecule has 17 heavy (non-hydrogen) atoms. The molecule has 4 heteroatoms. The minimum absolute atomic E-state index is 0.0834. The van der Waals surface area contributed by atoms with Crippen LogP contribution in [0.2, 0.25) is 0 Å². The van der Waals surface area contributed by atoms with Crippen LogP contribution >= 0.6 is 15.9 Å². The largest absolute Gasteiger partial charge is 0.310 e. The Morgan fingerprint density at radius 1 is 1.29 bits per heavy atom. The lowest BCUT2D eigenvalue weighted by molar-refractivity contribution is 0.626. The Hall–Kier alpha value is -1.42. The molecule has 88 valence electrons. The smallest absolute Gasteiger partial charge is 0.265 e.